The molecule has 2 aromatic rings. The fourth-order valence-corrected chi connectivity index (χ4v) is 2.17. The average Bonchev–Trinajstić information content (AvgIpc) is 2.55. The highest BCUT2D eigenvalue weighted by atomic mass is 35.5. The number of alkyl halides is 3. The van der Waals surface area contributed by atoms with E-state index in [0.29, 0.717) is 5.69 Å². The van der Waals surface area contributed by atoms with Crippen molar-refractivity contribution in [3.05, 3.63) is 70.3 Å². The molecule has 0 aromatic heterocycles. The van der Waals surface area contributed by atoms with Crippen LogP contribution in [0.1, 0.15) is 16.7 Å². The highest BCUT2D eigenvalue weighted by molar-refractivity contribution is 6.32. The Kier molecular flexibility index (Phi) is 5.84. The van der Waals surface area contributed by atoms with Crippen molar-refractivity contribution in [3.8, 4) is 6.07 Å². The van der Waals surface area contributed by atoms with E-state index in [2.05, 4.69) is 5.32 Å². The van der Waals surface area contributed by atoms with E-state index in [1.807, 2.05) is 6.07 Å². The zero-order valence-corrected chi connectivity index (χ0v) is 13.5. The Morgan fingerprint density at radius 2 is 1.88 bits per heavy atom. The molecule has 0 saturated heterocycles. The number of anilines is 1. The first-order valence-electron chi connectivity index (χ1n) is 7.11. The number of nitrogens with one attached hydrogen (secondary N) is 1. The number of hydrogen-bond donors (Lipinski definition) is 1. The van der Waals surface area contributed by atoms with E-state index in [0.717, 1.165) is 29.8 Å². The maximum absolute atomic E-state index is 12.7. The van der Waals surface area contributed by atoms with Gasteiger partial charge in [-0.25, -0.2) is 0 Å². The van der Waals surface area contributed by atoms with E-state index >= 15 is 0 Å². The number of rotatable bonds is 4. The number of carbonyl (C=O) groups excluding carboxylic acids is 1. The summed E-state index contributed by atoms with van der Waals surface area (Å²) in [6.45, 7) is 0. The molecule has 0 bridgehead atoms. The molecule has 0 heterocycles. The molecular formula is C18H12ClF3N2O. The van der Waals surface area contributed by atoms with Gasteiger partial charge in [-0.1, -0.05) is 23.7 Å². The van der Waals surface area contributed by atoms with Gasteiger partial charge in [0.1, 0.15) is 0 Å². The van der Waals surface area contributed by atoms with E-state index in [-0.39, 0.29) is 17.0 Å². The number of hydrogen-bond acceptors (Lipinski definition) is 2. The second-order valence-electron chi connectivity index (χ2n) is 5.09. The summed E-state index contributed by atoms with van der Waals surface area (Å²) in [4.78, 5) is 11.9. The Morgan fingerprint density at radius 3 is 2.48 bits per heavy atom. The van der Waals surface area contributed by atoms with Gasteiger partial charge in [0, 0.05) is 16.8 Å². The molecule has 0 fully saturated rings. The zero-order chi connectivity index (χ0) is 18.4. The maximum Gasteiger partial charge on any atom is 0.416 e. The monoisotopic (exact) mass is 364 g/mol. The van der Waals surface area contributed by atoms with Crippen molar-refractivity contribution < 1.29 is 18.0 Å². The second-order valence-corrected chi connectivity index (χ2v) is 5.50. The van der Waals surface area contributed by atoms with Crippen molar-refractivity contribution in [1.29, 1.82) is 5.26 Å². The van der Waals surface area contributed by atoms with Crippen LogP contribution in [0.25, 0.3) is 6.08 Å². The summed E-state index contributed by atoms with van der Waals surface area (Å²) in [7, 11) is 0. The molecule has 0 aliphatic carbocycles. The summed E-state index contributed by atoms with van der Waals surface area (Å²) < 4.78 is 38.1. The van der Waals surface area contributed by atoms with Crippen LogP contribution in [0.5, 0.6) is 0 Å². The second kappa shape index (κ2) is 7.86. The molecule has 1 N–H and O–H groups in total. The number of carbonyl (C=O) groups is 1. The molecular weight excluding hydrogens is 353 g/mol. The fourth-order valence-electron chi connectivity index (χ4n) is 1.99. The van der Waals surface area contributed by atoms with Crippen molar-refractivity contribution >= 4 is 29.3 Å². The van der Waals surface area contributed by atoms with Gasteiger partial charge < -0.3 is 5.32 Å². The Bertz CT molecular complexity index is 837. The minimum atomic E-state index is -4.49. The first-order valence-corrected chi connectivity index (χ1v) is 7.49. The predicted molar refractivity (Wildman–Crippen MR) is 89.9 cm³/mol. The summed E-state index contributed by atoms with van der Waals surface area (Å²) in [5, 5.41) is 11.3. The molecule has 0 spiro atoms. The third kappa shape index (κ3) is 5.37. The normalized spacial score (nSPS) is 11.3. The molecule has 0 atom stereocenters. The predicted octanol–water partition coefficient (Wildman–Crippen LogP) is 5.08. The molecule has 0 aliphatic rings. The van der Waals surface area contributed by atoms with E-state index in [1.54, 1.807) is 24.3 Å². The van der Waals surface area contributed by atoms with Crippen molar-refractivity contribution in [2.45, 2.75) is 12.6 Å². The zero-order valence-electron chi connectivity index (χ0n) is 12.8. The van der Waals surface area contributed by atoms with E-state index in [1.165, 1.54) is 6.08 Å². The van der Waals surface area contributed by atoms with Crippen LogP contribution in [0.4, 0.5) is 18.9 Å². The quantitative estimate of drug-likeness (QED) is 0.769. The SMILES string of the molecule is N#CCc1ccc(NC(=O)/C=C/c2cc(C(F)(F)F)ccc2Cl)cc1. The summed E-state index contributed by atoms with van der Waals surface area (Å²) in [5.74, 6) is -0.512. The molecule has 0 unspecified atom stereocenters. The third-order valence-corrected chi connectivity index (χ3v) is 3.59. The minimum Gasteiger partial charge on any atom is -0.323 e. The number of benzene rings is 2. The number of nitrogens with zero attached hydrogens (tertiary/aromatic N) is 1. The summed E-state index contributed by atoms with van der Waals surface area (Å²) >= 11 is 5.86. The number of nitriles is 1. The van der Waals surface area contributed by atoms with Crippen molar-refractivity contribution in [2.24, 2.45) is 0 Å². The average molecular weight is 365 g/mol. The lowest BCUT2D eigenvalue weighted by Crippen LogP contribution is -2.08. The summed E-state index contributed by atoms with van der Waals surface area (Å²) in [6, 6.07) is 11.6. The molecule has 2 aromatic carbocycles. The maximum atomic E-state index is 12.7. The van der Waals surface area contributed by atoms with Gasteiger partial charge in [0.15, 0.2) is 0 Å². The molecule has 7 heteroatoms. The van der Waals surface area contributed by atoms with Crippen LogP contribution in [0.3, 0.4) is 0 Å². The first kappa shape index (κ1) is 18.6. The first-order chi connectivity index (χ1) is 11.8. The van der Waals surface area contributed by atoms with Crippen molar-refractivity contribution in [1.82, 2.24) is 0 Å². The van der Waals surface area contributed by atoms with Crippen molar-refractivity contribution in [3.63, 3.8) is 0 Å². The molecule has 1 amide bonds. The van der Waals surface area contributed by atoms with Crippen molar-refractivity contribution in [2.75, 3.05) is 5.32 Å². The largest absolute Gasteiger partial charge is 0.416 e. The Morgan fingerprint density at radius 1 is 1.20 bits per heavy atom. The highest BCUT2D eigenvalue weighted by Crippen LogP contribution is 2.32. The van der Waals surface area contributed by atoms with Crippen LogP contribution in [0.15, 0.2) is 48.5 Å². The van der Waals surface area contributed by atoms with Gasteiger partial charge in [0.2, 0.25) is 5.91 Å². The van der Waals surface area contributed by atoms with Crippen LogP contribution >= 0.6 is 11.6 Å². The summed E-state index contributed by atoms with van der Waals surface area (Å²) in [5.41, 5.74) is 0.569. The van der Waals surface area contributed by atoms with Crippen LogP contribution in [0, 0.1) is 11.3 Å². The Hall–Kier alpha value is -2.78. The van der Waals surface area contributed by atoms with Gasteiger partial charge in [-0.05, 0) is 47.5 Å². The van der Waals surface area contributed by atoms with Crippen LogP contribution in [-0.2, 0) is 17.4 Å². The Balaban J connectivity index is 2.08. The van der Waals surface area contributed by atoms with Gasteiger partial charge in [-0.15, -0.1) is 0 Å². The standard InChI is InChI=1S/C18H12ClF3N2O/c19-16-7-4-14(18(20,21)22)11-13(16)3-8-17(25)24-15-5-1-12(2-6-15)9-10-23/h1-8,11H,9H2,(H,24,25)/b8-3+. The lowest BCUT2D eigenvalue weighted by molar-refractivity contribution is -0.137. The molecule has 128 valence electrons. The molecule has 0 aliphatic heterocycles. The Labute approximate surface area is 147 Å². The summed E-state index contributed by atoms with van der Waals surface area (Å²) in [6.07, 6.45) is -1.90. The van der Waals surface area contributed by atoms with E-state index in [9.17, 15) is 18.0 Å². The number of amides is 1. The molecule has 25 heavy (non-hydrogen) atoms. The molecule has 0 saturated carbocycles. The fraction of sp³-hybridized carbons (Fsp3) is 0.111. The van der Waals surface area contributed by atoms with Gasteiger partial charge in [-0.2, -0.15) is 18.4 Å². The van der Waals surface area contributed by atoms with Crippen LogP contribution in [-0.4, -0.2) is 5.91 Å². The van der Waals surface area contributed by atoms with E-state index in [4.69, 9.17) is 16.9 Å². The van der Waals surface area contributed by atoms with E-state index < -0.39 is 17.6 Å². The minimum absolute atomic E-state index is 0.0935. The molecule has 3 nitrogen and oxygen atoms in total. The lowest BCUT2D eigenvalue weighted by atomic mass is 10.1. The lowest BCUT2D eigenvalue weighted by Gasteiger charge is -2.08. The highest BCUT2D eigenvalue weighted by Gasteiger charge is 2.30. The van der Waals surface area contributed by atoms with Gasteiger partial charge >= 0.3 is 6.18 Å². The molecule has 0 radical (unpaired) electrons. The van der Waals surface area contributed by atoms with Gasteiger partial charge in [0.05, 0.1) is 18.1 Å². The topological polar surface area (TPSA) is 52.9 Å². The smallest absolute Gasteiger partial charge is 0.323 e. The molecule has 2 rings (SSSR count). The van der Waals surface area contributed by atoms with Crippen LogP contribution in [0.2, 0.25) is 5.02 Å². The number of halogens is 4. The van der Waals surface area contributed by atoms with Crippen LogP contribution < -0.4 is 5.32 Å². The third-order valence-electron chi connectivity index (χ3n) is 3.24. The van der Waals surface area contributed by atoms with Gasteiger partial charge in [-0.3, -0.25) is 4.79 Å². The van der Waals surface area contributed by atoms with Gasteiger partial charge in [0.25, 0.3) is 0 Å².